The van der Waals surface area contributed by atoms with Gasteiger partial charge < -0.3 is 25.0 Å². The minimum absolute atomic E-state index is 0.0362. The molecule has 3 rings (SSSR count). The highest BCUT2D eigenvalue weighted by Crippen LogP contribution is 2.18. The van der Waals surface area contributed by atoms with E-state index >= 15 is 0 Å². The maximum atomic E-state index is 12.5. The van der Waals surface area contributed by atoms with Crippen LogP contribution < -0.4 is 10.9 Å². The number of nitrogens with one attached hydrogen (secondary N) is 2. The molecule has 0 aliphatic carbocycles. The summed E-state index contributed by atoms with van der Waals surface area (Å²) < 4.78 is 5.60. The molecule has 1 fully saturated rings. The number of aromatic nitrogens is 1. The summed E-state index contributed by atoms with van der Waals surface area (Å²) in [7, 11) is 0. The van der Waals surface area contributed by atoms with Gasteiger partial charge in [-0.1, -0.05) is 0 Å². The number of aromatic amines is 1. The highest BCUT2D eigenvalue weighted by atomic mass is 32.1. The van der Waals surface area contributed by atoms with E-state index in [2.05, 4.69) is 23.3 Å². The van der Waals surface area contributed by atoms with Gasteiger partial charge in [0, 0.05) is 30.8 Å². The second kappa shape index (κ2) is 8.82. The van der Waals surface area contributed by atoms with E-state index in [0.717, 1.165) is 35.9 Å². The Labute approximate surface area is 164 Å². The van der Waals surface area contributed by atoms with Crippen LogP contribution in [0.1, 0.15) is 29.5 Å². The Morgan fingerprint density at radius 2 is 2.15 bits per heavy atom. The lowest BCUT2D eigenvalue weighted by molar-refractivity contribution is 0.113. The first-order chi connectivity index (χ1) is 13.0. The molecule has 1 atom stereocenters. The van der Waals surface area contributed by atoms with E-state index in [1.54, 1.807) is 0 Å². The molecule has 2 heterocycles. The van der Waals surface area contributed by atoms with Crippen LogP contribution in [-0.2, 0) is 11.3 Å². The van der Waals surface area contributed by atoms with Crippen LogP contribution in [0, 0.1) is 13.8 Å². The number of thiocarbonyl (C=S) groups is 1. The first-order valence-corrected chi connectivity index (χ1v) is 9.77. The highest BCUT2D eigenvalue weighted by Gasteiger charge is 2.18. The van der Waals surface area contributed by atoms with Crippen molar-refractivity contribution in [2.24, 2.45) is 0 Å². The Morgan fingerprint density at radius 3 is 2.85 bits per heavy atom. The minimum Gasteiger partial charge on any atom is -0.395 e. The zero-order chi connectivity index (χ0) is 19.4. The van der Waals surface area contributed by atoms with E-state index in [1.165, 1.54) is 5.56 Å². The zero-order valence-electron chi connectivity index (χ0n) is 15.9. The third kappa shape index (κ3) is 4.86. The summed E-state index contributed by atoms with van der Waals surface area (Å²) >= 11 is 5.49. The van der Waals surface area contributed by atoms with Crippen molar-refractivity contribution in [1.29, 1.82) is 0 Å². The second-order valence-electron chi connectivity index (χ2n) is 7.11. The molecule has 0 saturated carbocycles. The molecule has 1 aliphatic rings. The highest BCUT2D eigenvalue weighted by molar-refractivity contribution is 7.80. The number of ether oxygens (including phenoxy) is 1. The van der Waals surface area contributed by atoms with Crippen LogP contribution in [0.25, 0.3) is 10.9 Å². The normalized spacial score (nSPS) is 16.6. The first kappa shape index (κ1) is 19.8. The Morgan fingerprint density at radius 1 is 1.37 bits per heavy atom. The van der Waals surface area contributed by atoms with Crippen LogP contribution in [0.4, 0.5) is 0 Å². The number of hydrogen-bond acceptors (Lipinski definition) is 4. The van der Waals surface area contributed by atoms with E-state index in [-0.39, 0.29) is 18.3 Å². The fourth-order valence-electron chi connectivity index (χ4n) is 3.34. The third-order valence-corrected chi connectivity index (χ3v) is 5.46. The van der Waals surface area contributed by atoms with Crippen molar-refractivity contribution in [3.05, 3.63) is 45.2 Å². The summed E-state index contributed by atoms with van der Waals surface area (Å²) in [5.41, 5.74) is 3.66. The topological polar surface area (TPSA) is 77.6 Å². The number of hydrogen-bond donors (Lipinski definition) is 3. The summed E-state index contributed by atoms with van der Waals surface area (Å²) in [5.74, 6) is 0. The molecule has 3 N–H and O–H groups in total. The molecule has 0 radical (unpaired) electrons. The van der Waals surface area contributed by atoms with Gasteiger partial charge in [0.2, 0.25) is 0 Å². The van der Waals surface area contributed by atoms with Crippen LogP contribution in [0.3, 0.4) is 0 Å². The average Bonchev–Trinajstić information content (AvgIpc) is 3.15. The number of aryl methyl sites for hydroxylation is 2. The molecule has 27 heavy (non-hydrogen) atoms. The number of benzene rings is 1. The Kier molecular flexibility index (Phi) is 6.46. The molecule has 2 aromatic rings. The number of fused-ring (bicyclic) bond motifs is 1. The van der Waals surface area contributed by atoms with Gasteiger partial charge in [0.05, 0.1) is 19.3 Å². The van der Waals surface area contributed by atoms with Gasteiger partial charge in [-0.05, 0) is 73.6 Å². The van der Waals surface area contributed by atoms with E-state index in [9.17, 15) is 9.90 Å². The third-order valence-electron chi connectivity index (χ3n) is 5.06. The molecule has 6 nitrogen and oxygen atoms in total. The molecule has 7 heteroatoms. The van der Waals surface area contributed by atoms with Crippen LogP contribution >= 0.6 is 12.2 Å². The van der Waals surface area contributed by atoms with Crippen molar-refractivity contribution in [1.82, 2.24) is 15.2 Å². The molecule has 1 aromatic heterocycles. The fraction of sp³-hybridized carbons (Fsp3) is 0.500. The van der Waals surface area contributed by atoms with Crippen molar-refractivity contribution in [2.75, 3.05) is 26.3 Å². The van der Waals surface area contributed by atoms with Gasteiger partial charge in [0.25, 0.3) is 5.56 Å². The van der Waals surface area contributed by atoms with E-state index in [1.807, 2.05) is 24.0 Å². The molecule has 0 amide bonds. The van der Waals surface area contributed by atoms with Crippen molar-refractivity contribution in [2.45, 2.75) is 39.3 Å². The number of pyridine rings is 1. The van der Waals surface area contributed by atoms with Crippen LogP contribution in [-0.4, -0.2) is 52.5 Å². The molecule has 1 saturated heterocycles. The number of rotatable bonds is 6. The number of nitrogens with zero attached hydrogens (tertiary/aromatic N) is 1. The maximum Gasteiger partial charge on any atom is 0.253 e. The molecule has 1 aromatic carbocycles. The van der Waals surface area contributed by atoms with Crippen molar-refractivity contribution in [3.63, 3.8) is 0 Å². The van der Waals surface area contributed by atoms with Gasteiger partial charge >= 0.3 is 0 Å². The first-order valence-electron chi connectivity index (χ1n) is 9.36. The summed E-state index contributed by atoms with van der Waals surface area (Å²) in [5, 5.41) is 14.1. The summed E-state index contributed by atoms with van der Waals surface area (Å²) in [6.45, 7) is 6.20. The van der Waals surface area contributed by atoms with Crippen LogP contribution in [0.5, 0.6) is 0 Å². The van der Waals surface area contributed by atoms with Crippen molar-refractivity contribution >= 4 is 28.2 Å². The van der Waals surface area contributed by atoms with Gasteiger partial charge in [0.15, 0.2) is 5.11 Å². The van der Waals surface area contributed by atoms with Crippen LogP contribution in [0.15, 0.2) is 23.0 Å². The molecular weight excluding hydrogens is 362 g/mol. The summed E-state index contributed by atoms with van der Waals surface area (Å²) in [6.07, 6.45) is 2.28. The lowest BCUT2D eigenvalue weighted by Gasteiger charge is -2.26. The largest absolute Gasteiger partial charge is 0.395 e. The van der Waals surface area contributed by atoms with E-state index in [4.69, 9.17) is 17.0 Å². The molecular formula is C20H27N3O3S. The lowest BCUT2D eigenvalue weighted by atomic mass is 10.0. The molecule has 1 aliphatic heterocycles. The number of H-pyrrole nitrogens is 1. The second-order valence-corrected chi connectivity index (χ2v) is 7.50. The average molecular weight is 390 g/mol. The lowest BCUT2D eigenvalue weighted by Crippen LogP contribution is -2.44. The van der Waals surface area contributed by atoms with Crippen molar-refractivity contribution in [3.8, 4) is 0 Å². The molecule has 0 unspecified atom stereocenters. The SMILES string of the molecule is Cc1cc2cc(CN(CCO)C(=S)NC[C@@H]3CCCO3)c(=O)[nH]c2cc1C. The van der Waals surface area contributed by atoms with Crippen molar-refractivity contribution < 1.29 is 9.84 Å². The smallest absolute Gasteiger partial charge is 0.253 e. The van der Waals surface area contributed by atoms with E-state index in [0.29, 0.717) is 30.3 Å². The monoisotopic (exact) mass is 389 g/mol. The van der Waals surface area contributed by atoms with E-state index < -0.39 is 0 Å². The number of aliphatic hydroxyl groups excluding tert-OH is 1. The predicted molar refractivity (Wildman–Crippen MR) is 111 cm³/mol. The minimum atomic E-state index is -0.129. The zero-order valence-corrected chi connectivity index (χ0v) is 16.7. The molecule has 146 valence electrons. The fourth-order valence-corrected chi connectivity index (χ4v) is 3.58. The Hall–Kier alpha value is -1.96. The maximum absolute atomic E-state index is 12.5. The molecule has 0 bridgehead atoms. The number of aliphatic hydroxyl groups is 1. The predicted octanol–water partition coefficient (Wildman–Crippen LogP) is 1.99. The standard InChI is InChI=1S/C20H27N3O3S/c1-13-8-15-10-16(19(25)22-18(15)9-14(13)2)12-23(5-6-24)20(27)21-11-17-4-3-7-26-17/h8-10,17,24H,3-7,11-12H2,1-2H3,(H,21,27)(H,22,25)/t17-/m0/s1. The van der Waals surface area contributed by atoms with Gasteiger partial charge in [-0.25, -0.2) is 0 Å². The van der Waals surface area contributed by atoms with Gasteiger partial charge in [-0.15, -0.1) is 0 Å². The van der Waals surface area contributed by atoms with Gasteiger partial charge in [0.1, 0.15) is 0 Å². The van der Waals surface area contributed by atoms with Gasteiger partial charge in [-0.3, -0.25) is 4.79 Å². The Bertz CT molecular complexity index is 875. The van der Waals surface area contributed by atoms with Gasteiger partial charge in [-0.2, -0.15) is 0 Å². The quantitative estimate of drug-likeness (QED) is 0.656. The summed E-state index contributed by atoms with van der Waals surface area (Å²) in [6, 6.07) is 5.98. The van der Waals surface area contributed by atoms with Crippen LogP contribution in [0.2, 0.25) is 0 Å². The molecule has 0 spiro atoms. The summed E-state index contributed by atoms with van der Waals surface area (Å²) in [4.78, 5) is 17.3. The Balaban J connectivity index is 1.76.